The smallest absolute Gasteiger partial charge is 0.285 e. The highest BCUT2D eigenvalue weighted by atomic mass is 35.5. The van der Waals surface area contributed by atoms with Gasteiger partial charge in [-0.1, -0.05) is 26.0 Å². The maximum atomic E-state index is 12.3. The first-order valence-corrected chi connectivity index (χ1v) is 10.7. The maximum Gasteiger partial charge on any atom is 0.285 e. The summed E-state index contributed by atoms with van der Waals surface area (Å²) in [5.41, 5.74) is 6.65. The number of hydrogen-bond donors (Lipinski definition) is 1. The van der Waals surface area contributed by atoms with Crippen molar-refractivity contribution in [1.82, 2.24) is 9.80 Å². The number of nitrogens with two attached hydrogens (primary N) is 1. The first-order valence-electron chi connectivity index (χ1n) is 9.28. The van der Waals surface area contributed by atoms with E-state index in [1.807, 2.05) is 0 Å². The Morgan fingerprint density at radius 2 is 1.82 bits per heavy atom. The van der Waals surface area contributed by atoms with Crippen LogP contribution in [-0.4, -0.2) is 63.2 Å². The highest BCUT2D eigenvalue weighted by Crippen LogP contribution is 2.27. The van der Waals surface area contributed by atoms with E-state index in [1.165, 1.54) is 0 Å². The van der Waals surface area contributed by atoms with Crippen molar-refractivity contribution in [1.29, 1.82) is 0 Å². The van der Waals surface area contributed by atoms with Crippen molar-refractivity contribution < 1.29 is 13.2 Å². The minimum Gasteiger partial charge on any atom is -0.358 e. The van der Waals surface area contributed by atoms with Gasteiger partial charge in [-0.2, -0.15) is 8.42 Å². The molecule has 1 aromatic carbocycles. The van der Waals surface area contributed by atoms with E-state index in [0.717, 1.165) is 6.42 Å². The third kappa shape index (κ3) is 5.93. The van der Waals surface area contributed by atoms with Crippen LogP contribution in [0, 0.1) is 5.92 Å². The van der Waals surface area contributed by atoms with E-state index in [9.17, 15) is 13.2 Å². The third-order valence-electron chi connectivity index (χ3n) is 4.94. The molecule has 0 fully saturated rings. The number of benzene rings is 1. The number of carbonyl (C=O) groups is 1. The van der Waals surface area contributed by atoms with Crippen LogP contribution >= 0.6 is 12.4 Å². The van der Waals surface area contributed by atoms with E-state index in [-0.39, 0.29) is 29.3 Å². The molecule has 1 atom stereocenters. The van der Waals surface area contributed by atoms with Crippen LogP contribution in [0.1, 0.15) is 38.7 Å². The quantitative estimate of drug-likeness (QED) is 0.681. The second-order valence-electron chi connectivity index (χ2n) is 7.42. The molecule has 1 aliphatic heterocycles. The predicted octanol–water partition coefficient (Wildman–Crippen LogP) is 2.10. The summed E-state index contributed by atoms with van der Waals surface area (Å²) in [6.07, 6.45) is 1.81. The number of sulfonamides is 1. The highest BCUT2D eigenvalue weighted by molar-refractivity contribution is 7.90. The first kappa shape index (κ1) is 24.4. The zero-order valence-electron chi connectivity index (χ0n) is 17.0. The molecule has 0 aromatic heterocycles. The molecule has 7 nitrogen and oxygen atoms in total. The number of halogens is 1. The molecule has 0 radical (unpaired) electrons. The van der Waals surface area contributed by atoms with Crippen molar-refractivity contribution in [3.05, 3.63) is 29.8 Å². The van der Waals surface area contributed by atoms with Gasteiger partial charge in [0.15, 0.2) is 0 Å². The summed E-state index contributed by atoms with van der Waals surface area (Å²) in [7, 11) is -0.0254. The second kappa shape index (κ2) is 10.2. The summed E-state index contributed by atoms with van der Waals surface area (Å²) in [4.78, 5) is 16.0. The number of amides is 1. The van der Waals surface area contributed by atoms with E-state index in [2.05, 4.69) is 18.2 Å². The molecule has 0 spiro atoms. The average molecular weight is 431 g/mol. The highest BCUT2D eigenvalue weighted by Gasteiger charge is 2.30. The fourth-order valence-corrected chi connectivity index (χ4v) is 4.18. The molecular weight excluding hydrogens is 400 g/mol. The molecule has 158 valence electrons. The molecular formula is C19H31ClN4O3S. The van der Waals surface area contributed by atoms with Gasteiger partial charge in [0, 0.05) is 45.2 Å². The molecule has 1 aromatic rings. The molecule has 0 aliphatic carbocycles. The van der Waals surface area contributed by atoms with Gasteiger partial charge in [0.25, 0.3) is 10.0 Å². The van der Waals surface area contributed by atoms with Crippen LogP contribution in [0.2, 0.25) is 0 Å². The Labute approximate surface area is 174 Å². The van der Waals surface area contributed by atoms with Crippen molar-refractivity contribution in [3.63, 3.8) is 0 Å². The second-order valence-corrected chi connectivity index (χ2v) is 9.00. The summed E-state index contributed by atoms with van der Waals surface area (Å²) in [6.45, 7) is 5.35. The van der Waals surface area contributed by atoms with Gasteiger partial charge in [0.1, 0.15) is 10.7 Å². The number of amidine groups is 1. The van der Waals surface area contributed by atoms with Gasteiger partial charge in [-0.3, -0.25) is 4.79 Å². The maximum absolute atomic E-state index is 12.3. The Hall–Kier alpha value is -1.64. The number of nitrogens with zero attached hydrogens (tertiary/aromatic N) is 3. The van der Waals surface area contributed by atoms with Crippen LogP contribution in [-0.2, 0) is 14.8 Å². The summed E-state index contributed by atoms with van der Waals surface area (Å²) in [6, 6.07) is 6.90. The fourth-order valence-electron chi connectivity index (χ4n) is 2.93. The largest absolute Gasteiger partial charge is 0.358 e. The van der Waals surface area contributed by atoms with E-state index in [0.29, 0.717) is 43.2 Å². The minimum absolute atomic E-state index is 0. The molecule has 0 bridgehead atoms. The van der Waals surface area contributed by atoms with Crippen molar-refractivity contribution >= 4 is 34.2 Å². The van der Waals surface area contributed by atoms with Gasteiger partial charge < -0.3 is 15.5 Å². The molecule has 1 unspecified atom stereocenters. The lowest BCUT2D eigenvalue weighted by Gasteiger charge is -2.22. The van der Waals surface area contributed by atoms with Crippen molar-refractivity contribution in [2.75, 3.05) is 27.2 Å². The molecule has 0 saturated carbocycles. The van der Waals surface area contributed by atoms with E-state index in [4.69, 9.17) is 5.73 Å². The summed E-state index contributed by atoms with van der Waals surface area (Å²) in [5, 5.41) is 0. The number of carbonyl (C=O) groups excluding carboxylic acids is 1. The Bertz CT molecular complexity index is 811. The molecule has 1 amide bonds. The molecule has 0 saturated heterocycles. The zero-order chi connectivity index (χ0) is 20.2. The number of hydrogen-bond acceptors (Lipinski definition) is 5. The monoisotopic (exact) mass is 430 g/mol. The first-order chi connectivity index (χ1) is 12.6. The molecule has 28 heavy (non-hydrogen) atoms. The van der Waals surface area contributed by atoms with Gasteiger partial charge in [-0.05, 0) is 30.9 Å². The summed E-state index contributed by atoms with van der Waals surface area (Å²) < 4.78 is 28.1. The van der Waals surface area contributed by atoms with Crippen LogP contribution in [0.3, 0.4) is 0 Å². The van der Waals surface area contributed by atoms with Crippen molar-refractivity contribution in [3.8, 4) is 0 Å². The lowest BCUT2D eigenvalue weighted by Crippen LogP contribution is -2.35. The van der Waals surface area contributed by atoms with Gasteiger partial charge in [0.05, 0.1) is 0 Å². The summed E-state index contributed by atoms with van der Waals surface area (Å²) >= 11 is 0. The van der Waals surface area contributed by atoms with Gasteiger partial charge in [-0.15, -0.1) is 16.8 Å². The number of fused-ring (bicyclic) bond motifs is 1. The molecule has 2 N–H and O–H groups in total. The fraction of sp³-hybridized carbons (Fsp3) is 0.579. The molecule has 2 rings (SSSR count). The predicted molar refractivity (Wildman–Crippen MR) is 114 cm³/mol. The topological polar surface area (TPSA) is 96.1 Å². The van der Waals surface area contributed by atoms with Crippen LogP contribution < -0.4 is 5.73 Å². The van der Waals surface area contributed by atoms with Gasteiger partial charge >= 0.3 is 0 Å². The van der Waals surface area contributed by atoms with Gasteiger partial charge in [0.2, 0.25) is 5.91 Å². The van der Waals surface area contributed by atoms with E-state index < -0.39 is 10.0 Å². The Morgan fingerprint density at radius 1 is 1.18 bits per heavy atom. The SMILES string of the molecule is CC(C)C(N)CCN(C)C(=O)CCCN(C)C1=NS(=O)(=O)c2ccccc21.Cl. The van der Waals surface area contributed by atoms with Crippen LogP contribution in [0.4, 0.5) is 0 Å². The van der Waals surface area contributed by atoms with E-state index in [1.54, 1.807) is 48.2 Å². The summed E-state index contributed by atoms with van der Waals surface area (Å²) in [5.74, 6) is 0.906. The molecule has 1 heterocycles. The molecule has 9 heteroatoms. The van der Waals surface area contributed by atoms with E-state index >= 15 is 0 Å². The van der Waals surface area contributed by atoms with Crippen molar-refractivity contribution in [2.24, 2.45) is 16.0 Å². The zero-order valence-corrected chi connectivity index (χ0v) is 18.6. The van der Waals surface area contributed by atoms with Crippen LogP contribution in [0.25, 0.3) is 0 Å². The van der Waals surface area contributed by atoms with Crippen molar-refractivity contribution in [2.45, 2.75) is 44.0 Å². The normalized spacial score (nSPS) is 15.4. The Kier molecular flexibility index (Phi) is 8.91. The molecule has 1 aliphatic rings. The lowest BCUT2D eigenvalue weighted by molar-refractivity contribution is -0.130. The van der Waals surface area contributed by atoms with Crippen LogP contribution in [0.5, 0.6) is 0 Å². The Balaban J connectivity index is 0.00000392. The Morgan fingerprint density at radius 3 is 2.46 bits per heavy atom. The number of rotatable bonds is 8. The van der Waals surface area contributed by atoms with Gasteiger partial charge in [-0.25, -0.2) is 0 Å². The van der Waals surface area contributed by atoms with Crippen LogP contribution in [0.15, 0.2) is 33.6 Å². The average Bonchev–Trinajstić information content (AvgIpc) is 2.90. The lowest BCUT2D eigenvalue weighted by atomic mass is 10.0. The standard InChI is InChI=1S/C19H30N4O3S.ClH/c1-14(2)16(20)11-13-22(3)18(24)10-7-12-23(4)19-15-8-5-6-9-17(15)27(25,26)21-19;/h5-6,8-9,14,16H,7,10-13,20H2,1-4H3;1H. The third-order valence-corrected chi connectivity index (χ3v) is 6.26. The minimum atomic E-state index is -3.62.